The average Bonchev–Trinajstić information content (AvgIpc) is 3.00. The molecule has 0 aromatic rings. The second-order valence-electron chi connectivity index (χ2n) is 12.3. The number of aliphatic hydroxyl groups is 2. The quantitative estimate of drug-likeness (QED) is 0.525. The Morgan fingerprint density at radius 1 is 0.966 bits per heavy atom. The molecular weight excluding hydrogens is 356 g/mol. The zero-order valence-corrected chi connectivity index (χ0v) is 19.7. The van der Waals surface area contributed by atoms with Crippen LogP contribution in [0.3, 0.4) is 0 Å². The molecule has 0 aliphatic heterocycles. The van der Waals surface area contributed by atoms with Gasteiger partial charge >= 0.3 is 0 Å². The van der Waals surface area contributed by atoms with Gasteiger partial charge in [0.25, 0.3) is 0 Å². The summed E-state index contributed by atoms with van der Waals surface area (Å²) >= 11 is 0. The molecule has 0 bridgehead atoms. The van der Waals surface area contributed by atoms with Crippen molar-refractivity contribution >= 4 is 0 Å². The van der Waals surface area contributed by atoms with Crippen molar-refractivity contribution in [1.29, 1.82) is 0 Å². The Balaban J connectivity index is 1.54. The summed E-state index contributed by atoms with van der Waals surface area (Å²) in [5, 5.41) is 21.5. The van der Waals surface area contributed by atoms with Crippen LogP contribution in [0, 0.1) is 46.3 Å². The van der Waals surface area contributed by atoms with E-state index >= 15 is 0 Å². The van der Waals surface area contributed by atoms with Crippen LogP contribution < -0.4 is 0 Å². The molecule has 0 radical (unpaired) electrons. The van der Waals surface area contributed by atoms with Crippen molar-refractivity contribution in [3.8, 4) is 0 Å². The molecule has 4 rings (SSSR count). The SMILES string of the molecule is CC(C)CCC[C@@H](C)[C@H]1CC[C@H]2[C@@H]3[C@@H](O)C=C4C[C@@H](O)CC[C@]4(C)[C@H]3CC[C@]12C. The van der Waals surface area contributed by atoms with Gasteiger partial charge in [-0.25, -0.2) is 0 Å². The number of fused-ring (bicyclic) bond motifs is 5. The van der Waals surface area contributed by atoms with Crippen molar-refractivity contribution in [3.05, 3.63) is 11.6 Å². The molecule has 9 atom stereocenters. The zero-order valence-electron chi connectivity index (χ0n) is 19.7. The monoisotopic (exact) mass is 402 g/mol. The highest BCUT2D eigenvalue weighted by Gasteiger charge is 2.61. The highest BCUT2D eigenvalue weighted by molar-refractivity contribution is 5.27. The minimum Gasteiger partial charge on any atom is -0.393 e. The minimum atomic E-state index is -0.298. The third-order valence-corrected chi connectivity index (χ3v) is 10.3. The van der Waals surface area contributed by atoms with E-state index in [0.29, 0.717) is 23.2 Å². The highest BCUT2D eigenvalue weighted by atomic mass is 16.3. The van der Waals surface area contributed by atoms with E-state index in [1.54, 1.807) is 0 Å². The van der Waals surface area contributed by atoms with Gasteiger partial charge in [0, 0.05) is 0 Å². The van der Waals surface area contributed by atoms with E-state index in [2.05, 4.69) is 40.7 Å². The molecule has 0 unspecified atom stereocenters. The molecule has 2 heteroatoms. The standard InChI is InChI=1S/C27H46O2/c1-17(2)7-6-8-18(3)21-9-10-22-25-23(12-14-27(21,22)5)26(4)13-11-20(28)15-19(26)16-24(25)29/h16-18,20-25,28-29H,6-15H2,1-5H3/t18-,20+,21-,22+,23+,24+,25+,26+,27-/m1/s1. The molecule has 0 saturated heterocycles. The second kappa shape index (κ2) is 7.97. The van der Waals surface area contributed by atoms with Crippen molar-refractivity contribution in [1.82, 2.24) is 0 Å². The molecule has 2 N–H and O–H groups in total. The maximum Gasteiger partial charge on any atom is 0.0757 e. The summed E-state index contributed by atoms with van der Waals surface area (Å²) in [5.74, 6) is 4.18. The predicted octanol–water partition coefficient (Wildman–Crippen LogP) is 6.36. The summed E-state index contributed by atoms with van der Waals surface area (Å²) in [6.07, 6.45) is 13.9. The molecule has 0 aromatic heterocycles. The lowest BCUT2D eigenvalue weighted by Gasteiger charge is -2.59. The second-order valence-corrected chi connectivity index (χ2v) is 12.3. The first-order valence-electron chi connectivity index (χ1n) is 12.7. The van der Waals surface area contributed by atoms with Crippen LogP contribution in [0.25, 0.3) is 0 Å². The lowest BCUT2D eigenvalue weighted by Crippen LogP contribution is -2.54. The molecule has 0 amide bonds. The molecule has 0 spiro atoms. The molecule has 29 heavy (non-hydrogen) atoms. The molecule has 3 saturated carbocycles. The van der Waals surface area contributed by atoms with Gasteiger partial charge in [-0.1, -0.05) is 65.5 Å². The topological polar surface area (TPSA) is 40.5 Å². The number of aliphatic hydroxyl groups excluding tert-OH is 2. The minimum absolute atomic E-state index is 0.200. The normalized spacial score (nSPS) is 47.9. The van der Waals surface area contributed by atoms with Crippen molar-refractivity contribution in [2.45, 2.75) is 111 Å². The van der Waals surface area contributed by atoms with Crippen LogP contribution in [0.1, 0.15) is 98.8 Å². The van der Waals surface area contributed by atoms with Crippen LogP contribution in [0.4, 0.5) is 0 Å². The van der Waals surface area contributed by atoms with E-state index in [4.69, 9.17) is 0 Å². The zero-order chi connectivity index (χ0) is 21.0. The van der Waals surface area contributed by atoms with Gasteiger partial charge in [0.2, 0.25) is 0 Å². The van der Waals surface area contributed by atoms with Gasteiger partial charge in [-0.05, 0) is 91.3 Å². The largest absolute Gasteiger partial charge is 0.393 e. The van der Waals surface area contributed by atoms with Crippen molar-refractivity contribution in [2.75, 3.05) is 0 Å². The molecule has 3 fully saturated rings. The van der Waals surface area contributed by atoms with Gasteiger partial charge in [-0.15, -0.1) is 0 Å². The summed E-state index contributed by atoms with van der Waals surface area (Å²) < 4.78 is 0. The Labute approximate surface area is 179 Å². The molecule has 0 aromatic carbocycles. The van der Waals surface area contributed by atoms with Crippen LogP contribution in [0.2, 0.25) is 0 Å². The summed E-state index contributed by atoms with van der Waals surface area (Å²) in [5.41, 5.74) is 1.99. The Kier molecular flexibility index (Phi) is 6.01. The first-order chi connectivity index (χ1) is 13.7. The maximum atomic E-state index is 11.3. The molecular formula is C27H46O2. The van der Waals surface area contributed by atoms with E-state index in [9.17, 15) is 10.2 Å². The summed E-state index contributed by atoms with van der Waals surface area (Å²) in [4.78, 5) is 0. The smallest absolute Gasteiger partial charge is 0.0757 e. The summed E-state index contributed by atoms with van der Waals surface area (Å²) in [7, 11) is 0. The fourth-order valence-corrected chi connectivity index (χ4v) is 8.65. The van der Waals surface area contributed by atoms with E-state index in [1.165, 1.54) is 50.5 Å². The van der Waals surface area contributed by atoms with Gasteiger partial charge in [0.15, 0.2) is 0 Å². The van der Waals surface area contributed by atoms with Crippen LogP contribution in [0.15, 0.2) is 11.6 Å². The van der Waals surface area contributed by atoms with Crippen molar-refractivity contribution in [3.63, 3.8) is 0 Å². The molecule has 4 aliphatic carbocycles. The fraction of sp³-hybridized carbons (Fsp3) is 0.926. The Morgan fingerprint density at radius 2 is 1.72 bits per heavy atom. The Hall–Kier alpha value is -0.340. The number of rotatable bonds is 5. The van der Waals surface area contributed by atoms with Gasteiger partial charge < -0.3 is 10.2 Å². The third-order valence-electron chi connectivity index (χ3n) is 10.3. The van der Waals surface area contributed by atoms with E-state index in [0.717, 1.165) is 37.0 Å². The van der Waals surface area contributed by atoms with Gasteiger partial charge in [0.1, 0.15) is 0 Å². The molecule has 166 valence electrons. The lowest BCUT2D eigenvalue weighted by atomic mass is 9.46. The van der Waals surface area contributed by atoms with E-state index in [-0.39, 0.29) is 17.6 Å². The summed E-state index contributed by atoms with van der Waals surface area (Å²) in [6.45, 7) is 12.2. The summed E-state index contributed by atoms with van der Waals surface area (Å²) in [6, 6.07) is 0. The average molecular weight is 403 g/mol. The highest BCUT2D eigenvalue weighted by Crippen LogP contribution is 2.67. The first kappa shape index (κ1) is 21.9. The van der Waals surface area contributed by atoms with Crippen LogP contribution in [-0.4, -0.2) is 22.4 Å². The van der Waals surface area contributed by atoms with Crippen LogP contribution >= 0.6 is 0 Å². The predicted molar refractivity (Wildman–Crippen MR) is 120 cm³/mol. The lowest BCUT2D eigenvalue weighted by molar-refractivity contribution is -0.0970. The first-order valence-corrected chi connectivity index (χ1v) is 12.7. The molecule has 2 nitrogen and oxygen atoms in total. The van der Waals surface area contributed by atoms with Crippen LogP contribution in [0.5, 0.6) is 0 Å². The van der Waals surface area contributed by atoms with Gasteiger partial charge in [-0.3, -0.25) is 0 Å². The van der Waals surface area contributed by atoms with Crippen molar-refractivity contribution in [2.24, 2.45) is 46.3 Å². The Morgan fingerprint density at radius 3 is 2.45 bits per heavy atom. The fourth-order valence-electron chi connectivity index (χ4n) is 8.65. The van der Waals surface area contributed by atoms with Crippen molar-refractivity contribution < 1.29 is 10.2 Å². The van der Waals surface area contributed by atoms with Gasteiger partial charge in [0.05, 0.1) is 12.2 Å². The Bertz CT molecular complexity index is 624. The number of hydrogen-bond acceptors (Lipinski definition) is 2. The molecule has 0 heterocycles. The van der Waals surface area contributed by atoms with E-state index < -0.39 is 0 Å². The van der Waals surface area contributed by atoms with E-state index in [1.807, 2.05) is 0 Å². The third kappa shape index (κ3) is 3.65. The maximum absolute atomic E-state index is 11.3. The molecule has 4 aliphatic rings. The van der Waals surface area contributed by atoms with Gasteiger partial charge in [-0.2, -0.15) is 0 Å². The number of hydrogen-bond donors (Lipinski definition) is 2. The van der Waals surface area contributed by atoms with Crippen LogP contribution in [-0.2, 0) is 0 Å².